The van der Waals surface area contributed by atoms with Crippen LogP contribution in [0.1, 0.15) is 96.2 Å². The number of ether oxygens (including phenoxy) is 2. The monoisotopic (exact) mass is 883 g/mol. The van der Waals surface area contributed by atoms with E-state index in [0.717, 1.165) is 30.5 Å². The molecule has 2 aliphatic rings. The number of fused-ring (bicyclic) bond motifs is 6. The van der Waals surface area contributed by atoms with E-state index in [1.54, 1.807) is 50.2 Å². The predicted molar refractivity (Wildman–Crippen MR) is 248 cm³/mol. The number of carbonyl (C=O) groups excluding carboxylic acids is 5. The van der Waals surface area contributed by atoms with Gasteiger partial charge in [0.2, 0.25) is 11.8 Å². The molecule has 6 rings (SSSR count). The zero-order valence-electron chi connectivity index (χ0n) is 37.7. The van der Waals surface area contributed by atoms with Gasteiger partial charge in [-0.05, 0) is 117 Å². The second kappa shape index (κ2) is 22.6. The van der Waals surface area contributed by atoms with Crippen molar-refractivity contribution in [1.82, 2.24) is 15.2 Å². The van der Waals surface area contributed by atoms with Crippen LogP contribution < -0.4 is 32.0 Å². The molecule has 1 aromatic heterocycles. The number of carbonyl (C=O) groups is 5. The van der Waals surface area contributed by atoms with Gasteiger partial charge in [0.05, 0.1) is 17.8 Å². The van der Waals surface area contributed by atoms with E-state index in [4.69, 9.17) is 31.7 Å². The minimum absolute atomic E-state index is 0.0256. The molecule has 2 heterocycles. The standard InChI is InChI=1S/C51H61N7O7/c1-31-25-46(61)49(58(3)51(63)38(18-20-53)30-45(60)39-14-15-42(56-32(39)2)36-12-11-34-7-4-5-8-35(34)28-36)37-13-17-48(65-24-22-55)41(29-37)40-26-33(10-16-47(40)64-23-21-54)27-43(57-50(31)62)44(59)9-6-19-52/h10-17,26,28-29,31,38,43,49H,4-9,18,20-25,27,30,53-55H2,1-3H3,(H,57,62)/t31-,38-,43+,49+/m1/s1. The number of nitriles is 1. The molecule has 65 heavy (non-hydrogen) atoms. The molecular formula is C51H61N7O7. The second-order valence-electron chi connectivity index (χ2n) is 17.1. The third kappa shape index (κ3) is 11.7. The molecule has 342 valence electrons. The van der Waals surface area contributed by atoms with Crippen LogP contribution in [0.4, 0.5) is 0 Å². The molecule has 4 bridgehead atoms. The van der Waals surface area contributed by atoms with Crippen LogP contribution in [0.25, 0.3) is 22.4 Å². The lowest BCUT2D eigenvalue weighted by Gasteiger charge is -2.32. The number of rotatable bonds is 17. The van der Waals surface area contributed by atoms with Crippen LogP contribution in [0.15, 0.2) is 66.7 Å². The van der Waals surface area contributed by atoms with E-state index in [9.17, 15) is 29.2 Å². The normalized spacial score (nSPS) is 17.7. The fourth-order valence-corrected chi connectivity index (χ4v) is 8.88. The average molecular weight is 884 g/mol. The quantitative estimate of drug-likeness (QED) is 0.0960. The van der Waals surface area contributed by atoms with Gasteiger partial charge in [0.25, 0.3) is 0 Å². The van der Waals surface area contributed by atoms with E-state index >= 15 is 0 Å². The minimum Gasteiger partial charge on any atom is -0.492 e. The van der Waals surface area contributed by atoms with E-state index in [0.29, 0.717) is 45.0 Å². The summed E-state index contributed by atoms with van der Waals surface area (Å²) in [6, 6.07) is 20.4. The summed E-state index contributed by atoms with van der Waals surface area (Å²) in [4.78, 5) is 77.0. The van der Waals surface area contributed by atoms with Gasteiger partial charge in [-0.2, -0.15) is 5.26 Å². The second-order valence-corrected chi connectivity index (χ2v) is 17.1. The molecule has 0 unspecified atom stereocenters. The number of hydrogen-bond acceptors (Lipinski definition) is 12. The van der Waals surface area contributed by atoms with Gasteiger partial charge in [-0.3, -0.25) is 29.0 Å². The number of likely N-dealkylation sites (N-methyl/N-ethyl adjacent to an activating group) is 1. The number of benzene rings is 3. The van der Waals surface area contributed by atoms with Crippen molar-refractivity contribution in [3.8, 4) is 40.0 Å². The third-order valence-electron chi connectivity index (χ3n) is 12.4. The van der Waals surface area contributed by atoms with Crippen LogP contribution in [0.3, 0.4) is 0 Å². The Hall–Kier alpha value is -6.27. The number of ketones is 3. The molecule has 0 spiro atoms. The van der Waals surface area contributed by atoms with Gasteiger partial charge in [0.1, 0.15) is 30.8 Å². The SMILES string of the molecule is Cc1nc(-c2ccc3c(c2)CCCC3)ccc1C(=O)C[C@@H](CCN)C(=O)N(C)[C@@H]1C(=O)C[C@@H](C)C(=O)N[C@H](C(=O)CCC#N)Cc2ccc(OCCN)c(c2)-c2cc1ccc2OCCN. The Morgan fingerprint density at radius 1 is 0.877 bits per heavy atom. The van der Waals surface area contributed by atoms with Crippen LogP contribution >= 0.6 is 0 Å². The minimum atomic E-state index is -1.22. The summed E-state index contributed by atoms with van der Waals surface area (Å²) in [6.45, 7) is 4.29. The van der Waals surface area contributed by atoms with Crippen molar-refractivity contribution in [1.29, 1.82) is 5.26 Å². The molecule has 14 nitrogen and oxygen atoms in total. The van der Waals surface area contributed by atoms with Gasteiger partial charge in [-0.25, -0.2) is 0 Å². The van der Waals surface area contributed by atoms with Crippen LogP contribution in [0.5, 0.6) is 11.5 Å². The van der Waals surface area contributed by atoms with E-state index < -0.39 is 41.5 Å². The summed E-state index contributed by atoms with van der Waals surface area (Å²) >= 11 is 0. The smallest absolute Gasteiger partial charge is 0.226 e. The number of nitrogens with two attached hydrogens (primary N) is 3. The zero-order valence-corrected chi connectivity index (χ0v) is 37.7. The average Bonchev–Trinajstić information content (AvgIpc) is 3.31. The molecule has 0 fully saturated rings. The zero-order chi connectivity index (χ0) is 46.6. The molecule has 2 amide bonds. The number of Topliss-reactive ketones (excluding diaryl/α,β-unsaturated/α-hetero) is 3. The van der Waals surface area contributed by atoms with Crippen molar-refractivity contribution < 1.29 is 33.4 Å². The van der Waals surface area contributed by atoms with Gasteiger partial charge >= 0.3 is 0 Å². The lowest BCUT2D eigenvalue weighted by molar-refractivity contribution is -0.142. The summed E-state index contributed by atoms with van der Waals surface area (Å²) in [6.07, 6.45) is 4.18. The van der Waals surface area contributed by atoms with E-state index in [-0.39, 0.29) is 82.9 Å². The molecule has 1 aliphatic carbocycles. The third-order valence-corrected chi connectivity index (χ3v) is 12.4. The van der Waals surface area contributed by atoms with Crippen molar-refractivity contribution in [3.05, 3.63) is 100 Å². The Kier molecular flexibility index (Phi) is 16.7. The summed E-state index contributed by atoms with van der Waals surface area (Å²) in [7, 11) is 1.52. The van der Waals surface area contributed by atoms with Crippen LogP contribution in [-0.4, -0.2) is 85.0 Å². The maximum atomic E-state index is 14.8. The number of aromatic nitrogens is 1. The maximum Gasteiger partial charge on any atom is 0.226 e. The molecule has 4 atom stereocenters. The number of aryl methyl sites for hydroxylation is 3. The summed E-state index contributed by atoms with van der Waals surface area (Å²) in [5.74, 6) is -2.97. The lowest BCUT2D eigenvalue weighted by Crippen LogP contribution is -2.46. The van der Waals surface area contributed by atoms with Gasteiger partial charge in [-0.1, -0.05) is 31.2 Å². The number of pyridine rings is 1. The molecule has 1 aliphatic heterocycles. The Morgan fingerprint density at radius 2 is 1.57 bits per heavy atom. The largest absolute Gasteiger partial charge is 0.492 e. The van der Waals surface area contributed by atoms with E-state index in [1.807, 2.05) is 18.2 Å². The fourth-order valence-electron chi connectivity index (χ4n) is 8.88. The van der Waals surface area contributed by atoms with Crippen LogP contribution in [0.2, 0.25) is 0 Å². The predicted octanol–water partition coefficient (Wildman–Crippen LogP) is 5.52. The molecule has 0 saturated heterocycles. The first-order chi connectivity index (χ1) is 31.4. The van der Waals surface area contributed by atoms with Gasteiger partial charge < -0.3 is 36.9 Å². The number of nitrogens with one attached hydrogen (secondary N) is 1. The summed E-state index contributed by atoms with van der Waals surface area (Å²) in [5.41, 5.74) is 25.4. The highest BCUT2D eigenvalue weighted by Gasteiger charge is 2.36. The first-order valence-electron chi connectivity index (χ1n) is 22.6. The van der Waals surface area contributed by atoms with Crippen molar-refractivity contribution in [2.24, 2.45) is 29.0 Å². The highest BCUT2D eigenvalue weighted by Crippen LogP contribution is 2.41. The van der Waals surface area contributed by atoms with Crippen molar-refractivity contribution in [3.63, 3.8) is 0 Å². The highest BCUT2D eigenvalue weighted by atomic mass is 16.5. The number of hydrogen-bond donors (Lipinski definition) is 4. The first-order valence-corrected chi connectivity index (χ1v) is 22.6. The Morgan fingerprint density at radius 3 is 2.25 bits per heavy atom. The summed E-state index contributed by atoms with van der Waals surface area (Å²) in [5, 5.41) is 12.1. The van der Waals surface area contributed by atoms with Crippen molar-refractivity contribution in [2.45, 2.75) is 90.1 Å². The van der Waals surface area contributed by atoms with E-state index in [2.05, 4.69) is 23.5 Å². The topological polar surface area (TPSA) is 234 Å². The Bertz CT molecular complexity index is 2450. The molecular weight excluding hydrogens is 823 g/mol. The van der Waals surface area contributed by atoms with Gasteiger partial charge in [0.15, 0.2) is 17.3 Å². The molecule has 7 N–H and O–H groups in total. The molecule has 0 radical (unpaired) electrons. The van der Waals surface area contributed by atoms with Crippen molar-refractivity contribution >= 4 is 29.2 Å². The fraction of sp³-hybridized carbons (Fsp3) is 0.431. The molecule has 4 aromatic rings. The van der Waals surface area contributed by atoms with Gasteiger partial charge in [-0.15, -0.1) is 0 Å². The molecule has 14 heteroatoms. The highest BCUT2D eigenvalue weighted by molar-refractivity contribution is 6.01. The lowest BCUT2D eigenvalue weighted by atomic mass is 9.88. The van der Waals surface area contributed by atoms with E-state index in [1.165, 1.54) is 29.5 Å². The Balaban J connectivity index is 1.37. The van der Waals surface area contributed by atoms with Crippen LogP contribution in [0, 0.1) is 30.1 Å². The number of nitrogens with zero attached hydrogens (tertiary/aromatic N) is 3. The van der Waals surface area contributed by atoms with Crippen LogP contribution in [-0.2, 0) is 38.4 Å². The molecule has 3 aromatic carbocycles. The molecule has 0 saturated carbocycles. The van der Waals surface area contributed by atoms with Crippen molar-refractivity contribution in [2.75, 3.05) is 39.9 Å². The first kappa shape index (κ1) is 48.2. The number of amides is 2. The van der Waals surface area contributed by atoms with Gasteiger partial charge in [0, 0.05) is 85.6 Å². The summed E-state index contributed by atoms with van der Waals surface area (Å²) < 4.78 is 12.3. The maximum absolute atomic E-state index is 14.8. The Labute approximate surface area is 381 Å².